The van der Waals surface area contributed by atoms with Gasteiger partial charge in [-0.05, 0) is 18.1 Å². The number of hydrogen-bond acceptors (Lipinski definition) is 6. The third kappa shape index (κ3) is 4.22. The number of Topliss-reactive ketones (excluding diaryl/α,β-unsaturated/α-hetero) is 1. The molecule has 0 radical (unpaired) electrons. The third-order valence-electron chi connectivity index (χ3n) is 4.17. The molecule has 0 spiro atoms. The van der Waals surface area contributed by atoms with Gasteiger partial charge in [0, 0.05) is 18.7 Å². The number of rotatable bonds is 8. The van der Waals surface area contributed by atoms with Gasteiger partial charge in [-0.15, -0.1) is 5.10 Å². The van der Waals surface area contributed by atoms with E-state index in [9.17, 15) is 26.4 Å². The molecule has 2 heterocycles. The number of ether oxygens (including phenoxy) is 1. The molecule has 0 saturated carbocycles. The Hall–Kier alpha value is -3.15. The molecule has 1 aromatic carbocycles. The van der Waals surface area contributed by atoms with Gasteiger partial charge in [0.1, 0.15) is 0 Å². The van der Waals surface area contributed by atoms with Crippen LogP contribution in [0.1, 0.15) is 29.3 Å². The van der Waals surface area contributed by atoms with Crippen LogP contribution in [-0.2, 0) is 16.4 Å². The molecule has 0 atom stereocenters. The first-order valence-corrected chi connectivity index (χ1v) is 10.4. The predicted molar refractivity (Wildman–Crippen MR) is 102 cm³/mol. The minimum atomic E-state index is -3.99. The smallest absolute Gasteiger partial charge is 0.241 e. The van der Waals surface area contributed by atoms with Crippen LogP contribution < -0.4 is 9.46 Å². The molecule has 0 fully saturated rings. The van der Waals surface area contributed by atoms with E-state index in [1.165, 1.54) is 19.4 Å². The minimum Gasteiger partial charge on any atom is -0.479 e. The molecule has 0 saturated heterocycles. The van der Waals surface area contributed by atoms with Crippen molar-refractivity contribution in [2.75, 3.05) is 17.6 Å². The Bertz CT molecular complexity index is 1230. The van der Waals surface area contributed by atoms with Gasteiger partial charge < -0.3 is 4.74 Å². The van der Waals surface area contributed by atoms with E-state index < -0.39 is 50.9 Å². The Balaban J connectivity index is 1.97. The van der Waals surface area contributed by atoms with Gasteiger partial charge in [-0.2, -0.15) is 0 Å². The number of benzene rings is 1. The van der Waals surface area contributed by atoms with Crippen molar-refractivity contribution in [1.29, 1.82) is 0 Å². The molecule has 8 nitrogen and oxygen atoms in total. The van der Waals surface area contributed by atoms with Gasteiger partial charge in [0.05, 0.1) is 29.5 Å². The first kappa shape index (κ1) is 21.6. The lowest BCUT2D eigenvalue weighted by Gasteiger charge is -2.12. The number of sulfonamides is 1. The van der Waals surface area contributed by atoms with Gasteiger partial charge in [-0.1, -0.05) is 6.92 Å². The molecule has 0 aliphatic heterocycles. The summed E-state index contributed by atoms with van der Waals surface area (Å²) in [6.45, 7) is 1.58. The quantitative estimate of drug-likeness (QED) is 0.410. The SMILES string of the molecule is CCCS(=O)(=O)Nc1cc(F)c(F)c(C(=O)Cc2cnc3[nH]nc(OC)c3c2)c1F. The summed E-state index contributed by atoms with van der Waals surface area (Å²) in [5.41, 5.74) is -1.37. The molecular formula is C18H17F3N4O4S. The van der Waals surface area contributed by atoms with Crippen LogP contribution >= 0.6 is 0 Å². The highest BCUT2D eigenvalue weighted by atomic mass is 32.2. The van der Waals surface area contributed by atoms with Crippen molar-refractivity contribution in [2.24, 2.45) is 0 Å². The first-order chi connectivity index (χ1) is 14.2. The zero-order chi connectivity index (χ0) is 22.1. The second kappa shape index (κ2) is 8.30. The highest BCUT2D eigenvalue weighted by Crippen LogP contribution is 2.27. The van der Waals surface area contributed by atoms with Crippen molar-refractivity contribution in [3.05, 3.63) is 46.9 Å². The molecule has 3 rings (SSSR count). The van der Waals surface area contributed by atoms with E-state index in [-0.39, 0.29) is 23.6 Å². The summed E-state index contributed by atoms with van der Waals surface area (Å²) >= 11 is 0. The van der Waals surface area contributed by atoms with Crippen LogP contribution in [-0.4, -0.2) is 42.2 Å². The number of ketones is 1. The average Bonchev–Trinajstić information content (AvgIpc) is 3.08. The Morgan fingerprint density at radius 2 is 1.97 bits per heavy atom. The summed E-state index contributed by atoms with van der Waals surface area (Å²) in [5, 5.41) is 6.91. The topological polar surface area (TPSA) is 114 Å². The Morgan fingerprint density at radius 3 is 2.63 bits per heavy atom. The number of nitrogens with zero attached hydrogens (tertiary/aromatic N) is 2. The number of aromatic amines is 1. The van der Waals surface area contributed by atoms with Crippen LogP contribution in [0.3, 0.4) is 0 Å². The van der Waals surface area contributed by atoms with Crippen molar-refractivity contribution in [2.45, 2.75) is 19.8 Å². The van der Waals surface area contributed by atoms with Crippen LogP contribution in [0.25, 0.3) is 11.0 Å². The number of halogens is 3. The largest absolute Gasteiger partial charge is 0.479 e. The van der Waals surface area contributed by atoms with Crippen molar-refractivity contribution >= 4 is 32.5 Å². The fourth-order valence-corrected chi connectivity index (χ4v) is 3.98. The van der Waals surface area contributed by atoms with Gasteiger partial charge in [0.15, 0.2) is 28.9 Å². The van der Waals surface area contributed by atoms with Crippen LogP contribution in [0.5, 0.6) is 5.88 Å². The molecule has 3 aromatic rings. The molecule has 0 aliphatic carbocycles. The molecule has 0 amide bonds. The second-order valence-electron chi connectivity index (χ2n) is 6.40. The van der Waals surface area contributed by atoms with E-state index in [0.29, 0.717) is 17.1 Å². The van der Waals surface area contributed by atoms with Crippen LogP contribution in [0.4, 0.5) is 18.9 Å². The number of nitrogens with one attached hydrogen (secondary N) is 2. The van der Waals surface area contributed by atoms with E-state index in [2.05, 4.69) is 15.2 Å². The third-order valence-corrected chi connectivity index (χ3v) is 5.65. The molecule has 2 aromatic heterocycles. The van der Waals surface area contributed by atoms with Gasteiger partial charge in [-0.3, -0.25) is 14.6 Å². The van der Waals surface area contributed by atoms with E-state index in [4.69, 9.17) is 4.74 Å². The lowest BCUT2D eigenvalue weighted by molar-refractivity contribution is 0.0983. The summed E-state index contributed by atoms with van der Waals surface area (Å²) < 4.78 is 73.6. The molecule has 160 valence electrons. The summed E-state index contributed by atoms with van der Waals surface area (Å²) in [6, 6.07) is 1.85. The van der Waals surface area contributed by atoms with Crippen molar-refractivity contribution in [1.82, 2.24) is 15.2 Å². The number of anilines is 1. The van der Waals surface area contributed by atoms with Crippen LogP contribution in [0, 0.1) is 17.5 Å². The highest BCUT2D eigenvalue weighted by molar-refractivity contribution is 7.92. The summed E-state index contributed by atoms with van der Waals surface area (Å²) in [4.78, 5) is 16.6. The molecule has 2 N–H and O–H groups in total. The number of methoxy groups -OCH3 is 1. The Kier molecular flexibility index (Phi) is 5.97. The number of H-pyrrole nitrogens is 1. The molecule has 0 bridgehead atoms. The normalized spacial score (nSPS) is 11.6. The zero-order valence-corrected chi connectivity index (χ0v) is 16.7. The fourth-order valence-electron chi connectivity index (χ4n) is 2.86. The van der Waals surface area contributed by atoms with Crippen molar-refractivity contribution < 1.29 is 31.1 Å². The number of carbonyl (C=O) groups is 1. The first-order valence-electron chi connectivity index (χ1n) is 8.75. The van der Waals surface area contributed by atoms with Crippen LogP contribution in [0.2, 0.25) is 0 Å². The summed E-state index contributed by atoms with van der Waals surface area (Å²) in [7, 11) is -2.61. The van der Waals surface area contributed by atoms with Gasteiger partial charge in [-0.25, -0.2) is 26.6 Å². The van der Waals surface area contributed by atoms with Gasteiger partial charge in [0.25, 0.3) is 0 Å². The monoisotopic (exact) mass is 442 g/mol. The Labute approximate surface area is 169 Å². The van der Waals surface area contributed by atoms with E-state index in [0.717, 1.165) is 0 Å². The van der Waals surface area contributed by atoms with E-state index in [1.54, 1.807) is 6.92 Å². The van der Waals surface area contributed by atoms with Crippen LogP contribution in [0.15, 0.2) is 18.3 Å². The second-order valence-corrected chi connectivity index (χ2v) is 8.24. The van der Waals surface area contributed by atoms with E-state index >= 15 is 0 Å². The number of carbonyl (C=O) groups excluding carboxylic acids is 1. The van der Waals surface area contributed by atoms with Crippen molar-refractivity contribution in [3.63, 3.8) is 0 Å². The molecule has 30 heavy (non-hydrogen) atoms. The van der Waals surface area contributed by atoms with Gasteiger partial charge in [0.2, 0.25) is 15.9 Å². The molecule has 12 heteroatoms. The van der Waals surface area contributed by atoms with E-state index in [1.807, 2.05) is 4.72 Å². The average molecular weight is 442 g/mol. The van der Waals surface area contributed by atoms with Gasteiger partial charge >= 0.3 is 0 Å². The molecule has 0 unspecified atom stereocenters. The maximum absolute atomic E-state index is 14.8. The predicted octanol–water partition coefficient (Wildman–Crippen LogP) is 2.96. The lowest BCUT2D eigenvalue weighted by Crippen LogP contribution is -2.19. The number of fused-ring (bicyclic) bond motifs is 1. The standard InChI is InChI=1S/C18H17F3N4O4S/c1-3-4-30(27,28)25-12-7-11(19)15(20)14(16(12)21)13(26)6-9-5-10-17(22-8-9)23-24-18(10)29-2/h5,7-8,25H,3-4,6H2,1-2H3,(H,22,23,24). The zero-order valence-electron chi connectivity index (χ0n) is 15.9. The summed E-state index contributed by atoms with van der Waals surface area (Å²) in [6.07, 6.45) is 0.993. The maximum Gasteiger partial charge on any atom is 0.241 e. The lowest BCUT2D eigenvalue weighted by atomic mass is 10.0. The Morgan fingerprint density at radius 1 is 1.23 bits per heavy atom. The molecular weight excluding hydrogens is 425 g/mol. The number of pyridine rings is 1. The fraction of sp³-hybridized carbons (Fsp3) is 0.278. The summed E-state index contributed by atoms with van der Waals surface area (Å²) in [5.74, 6) is -5.99. The molecule has 0 aliphatic rings. The minimum absolute atomic E-state index is 0.211. The van der Waals surface area contributed by atoms with Crippen molar-refractivity contribution in [3.8, 4) is 5.88 Å². The highest BCUT2D eigenvalue weighted by Gasteiger charge is 2.26. The maximum atomic E-state index is 14.8. The number of aromatic nitrogens is 3. The number of hydrogen-bond donors (Lipinski definition) is 2.